The third-order valence-electron chi connectivity index (χ3n) is 6.13. The number of hydrogen-bond donors (Lipinski definition) is 1. The Morgan fingerprint density at radius 1 is 0.781 bits per heavy atom. The molecule has 0 radical (unpaired) electrons. The molecular formula is C28H27N2OP. The molecule has 0 aliphatic heterocycles. The first kappa shape index (κ1) is 21.8. The fraction of sp³-hybridized carbons (Fsp3) is 0.107. The van der Waals surface area contributed by atoms with Crippen molar-refractivity contribution >= 4 is 34.7 Å². The zero-order valence-corrected chi connectivity index (χ0v) is 19.1. The number of carbonyl (C=O) groups excluding carboxylic acids is 1. The van der Waals surface area contributed by atoms with Gasteiger partial charge in [-0.25, -0.2) is 0 Å². The minimum absolute atomic E-state index is 0.0999. The summed E-state index contributed by atoms with van der Waals surface area (Å²) in [4.78, 5) is 17.9. The molecule has 4 rings (SSSR count). The van der Waals surface area contributed by atoms with Crippen LogP contribution < -0.4 is 15.9 Å². The summed E-state index contributed by atoms with van der Waals surface area (Å²) in [5.41, 5.74) is 0.661. The second kappa shape index (κ2) is 9.80. The van der Waals surface area contributed by atoms with E-state index in [4.69, 9.17) is 5.41 Å². The summed E-state index contributed by atoms with van der Waals surface area (Å²) in [5, 5.41) is 12.2. The van der Waals surface area contributed by atoms with Crippen LogP contribution in [0, 0.1) is 5.41 Å². The Labute approximate surface area is 190 Å². The quantitative estimate of drug-likeness (QED) is 0.329. The van der Waals surface area contributed by atoms with Crippen molar-refractivity contribution in [2.24, 2.45) is 0 Å². The number of pyridine rings is 1. The van der Waals surface area contributed by atoms with Gasteiger partial charge in [-0.05, 0) is 0 Å². The third-order valence-corrected chi connectivity index (χ3v) is 11.4. The van der Waals surface area contributed by atoms with Gasteiger partial charge in [-0.2, -0.15) is 0 Å². The van der Waals surface area contributed by atoms with Crippen molar-refractivity contribution in [3.63, 3.8) is 0 Å². The maximum absolute atomic E-state index is 13.8. The van der Waals surface area contributed by atoms with Crippen LogP contribution in [0.2, 0.25) is 0 Å². The van der Waals surface area contributed by atoms with E-state index < -0.39 is 7.26 Å². The number of nitrogens with one attached hydrogen (secondary N) is 1. The van der Waals surface area contributed by atoms with E-state index >= 15 is 0 Å². The normalized spacial score (nSPS) is 12.7. The fourth-order valence-corrected chi connectivity index (χ4v) is 9.83. The van der Waals surface area contributed by atoms with Crippen LogP contribution in [0.25, 0.3) is 0 Å². The molecule has 1 N–H and O–H groups in total. The number of carbonyl (C=O) groups is 1. The molecule has 1 atom stereocenters. The molecule has 0 aliphatic rings. The molecule has 1 heterocycles. The molecule has 0 spiro atoms. The third kappa shape index (κ3) is 4.17. The van der Waals surface area contributed by atoms with Gasteiger partial charge in [0.25, 0.3) is 0 Å². The van der Waals surface area contributed by atoms with E-state index in [2.05, 4.69) is 41.4 Å². The fourth-order valence-electron chi connectivity index (χ4n) is 4.61. The number of aromatic nitrogens is 1. The number of hydrogen-bond acceptors (Lipinski definition) is 3. The van der Waals surface area contributed by atoms with Gasteiger partial charge in [0.2, 0.25) is 0 Å². The molecule has 4 aromatic rings. The molecule has 0 saturated carbocycles. The van der Waals surface area contributed by atoms with E-state index in [-0.39, 0.29) is 17.2 Å². The van der Waals surface area contributed by atoms with Gasteiger partial charge in [0.1, 0.15) is 0 Å². The van der Waals surface area contributed by atoms with Crippen LogP contribution in [0.15, 0.2) is 116 Å². The van der Waals surface area contributed by atoms with Crippen molar-refractivity contribution in [3.05, 3.63) is 121 Å². The van der Waals surface area contributed by atoms with Crippen LogP contribution in [-0.2, 0) is 11.2 Å². The Hall–Kier alpha value is -3.42. The molecule has 1 unspecified atom stereocenters. The van der Waals surface area contributed by atoms with Crippen LogP contribution in [0.3, 0.4) is 0 Å². The average molecular weight is 439 g/mol. The summed E-state index contributed by atoms with van der Waals surface area (Å²) >= 11 is 0. The second-order valence-corrected chi connectivity index (χ2v) is 12.2. The predicted octanol–water partition coefficient (Wildman–Crippen LogP) is 4.33. The summed E-state index contributed by atoms with van der Waals surface area (Å²) in [7, 11) is -2.78. The van der Waals surface area contributed by atoms with Gasteiger partial charge in [-0.15, -0.1) is 0 Å². The van der Waals surface area contributed by atoms with E-state index in [0.29, 0.717) is 6.42 Å². The van der Waals surface area contributed by atoms with Crippen molar-refractivity contribution in [1.82, 2.24) is 4.98 Å². The topological polar surface area (TPSA) is 53.8 Å². The van der Waals surface area contributed by atoms with Gasteiger partial charge in [0.15, 0.2) is 0 Å². The van der Waals surface area contributed by atoms with Crippen LogP contribution in [0.5, 0.6) is 0 Å². The number of ketones is 1. The van der Waals surface area contributed by atoms with Gasteiger partial charge in [-0.3, -0.25) is 0 Å². The Bertz CT molecular complexity index is 1080. The Morgan fingerprint density at radius 2 is 1.25 bits per heavy atom. The average Bonchev–Trinajstić information content (AvgIpc) is 2.86. The molecule has 0 aliphatic carbocycles. The van der Waals surface area contributed by atoms with Crippen LogP contribution >= 0.6 is 7.26 Å². The van der Waals surface area contributed by atoms with Crippen molar-refractivity contribution in [2.45, 2.75) is 19.0 Å². The molecule has 160 valence electrons. The summed E-state index contributed by atoms with van der Waals surface area (Å²) in [6.45, 7) is 2.01. The summed E-state index contributed by atoms with van der Waals surface area (Å²) in [5.74, 6) is -0.0999. The molecular weight excluding hydrogens is 411 g/mol. The zero-order valence-electron chi connectivity index (χ0n) is 18.1. The van der Waals surface area contributed by atoms with Crippen LogP contribution in [-0.4, -0.2) is 22.1 Å². The summed E-state index contributed by atoms with van der Waals surface area (Å²) in [6, 6.07) is 34.9. The van der Waals surface area contributed by atoms with E-state index in [1.807, 2.05) is 73.7 Å². The Kier molecular flexibility index (Phi) is 6.68. The van der Waals surface area contributed by atoms with Crippen LogP contribution in [0.4, 0.5) is 0 Å². The predicted molar refractivity (Wildman–Crippen MR) is 137 cm³/mol. The Morgan fingerprint density at radius 3 is 1.66 bits per heavy atom. The first-order valence-electron chi connectivity index (χ1n) is 10.8. The number of benzene rings is 3. The first-order chi connectivity index (χ1) is 15.6. The number of Topliss-reactive ketones (excluding diaryl/α,β-unsaturated/α-hetero) is 1. The van der Waals surface area contributed by atoms with Gasteiger partial charge in [-0.1, -0.05) is 0 Å². The number of rotatable bonds is 8. The van der Waals surface area contributed by atoms with Crippen molar-refractivity contribution in [1.29, 1.82) is 5.41 Å². The molecule has 3 nitrogen and oxygen atoms in total. The van der Waals surface area contributed by atoms with Crippen LogP contribution in [0.1, 0.15) is 12.5 Å². The van der Waals surface area contributed by atoms with Crippen molar-refractivity contribution < 1.29 is 4.79 Å². The zero-order chi connectivity index (χ0) is 22.4. The molecule has 0 fully saturated rings. The van der Waals surface area contributed by atoms with E-state index in [0.717, 1.165) is 5.56 Å². The molecule has 4 heteroatoms. The first-order valence-corrected chi connectivity index (χ1v) is 12.9. The monoisotopic (exact) mass is 438 g/mol. The molecule has 3 aromatic carbocycles. The van der Waals surface area contributed by atoms with E-state index in [1.165, 1.54) is 15.9 Å². The van der Waals surface area contributed by atoms with Gasteiger partial charge >= 0.3 is 190 Å². The molecule has 1 aromatic heterocycles. The maximum atomic E-state index is 13.8. The SMILES string of the molecule is CC(C(=O)C(=N)Cc1cccnc1)[PH](c1ccccc1)(c1ccccc1)c1ccccc1. The van der Waals surface area contributed by atoms with Crippen molar-refractivity contribution in [3.8, 4) is 0 Å². The van der Waals surface area contributed by atoms with Gasteiger partial charge < -0.3 is 0 Å². The molecule has 0 bridgehead atoms. The standard InChI is InChI=1S/C28H27N2OP/c1-22(28(31)27(29)20-23-12-11-19-30-21-23)32(24-13-5-2-6-14-24,25-15-7-3-8-16-25)26-17-9-4-10-18-26/h2-19,21-22,29,32H,20H2,1H3. The number of nitrogens with zero attached hydrogens (tertiary/aromatic N) is 1. The summed E-state index contributed by atoms with van der Waals surface area (Å²) in [6.07, 6.45) is 3.72. The Balaban J connectivity index is 1.87. The van der Waals surface area contributed by atoms with Gasteiger partial charge in [0.05, 0.1) is 0 Å². The van der Waals surface area contributed by atoms with E-state index in [9.17, 15) is 4.79 Å². The molecule has 0 amide bonds. The molecule has 32 heavy (non-hydrogen) atoms. The van der Waals surface area contributed by atoms with Gasteiger partial charge in [0, 0.05) is 0 Å². The molecule has 0 saturated heterocycles. The second-order valence-electron chi connectivity index (χ2n) is 8.01. The van der Waals surface area contributed by atoms with Crippen molar-refractivity contribution in [2.75, 3.05) is 0 Å². The minimum atomic E-state index is -2.78. The van der Waals surface area contributed by atoms with E-state index in [1.54, 1.807) is 12.4 Å². The summed E-state index contributed by atoms with van der Waals surface area (Å²) < 4.78 is 0.